The van der Waals surface area contributed by atoms with Gasteiger partial charge in [-0.2, -0.15) is 0 Å². The van der Waals surface area contributed by atoms with Gasteiger partial charge in [0, 0.05) is 43.0 Å². The Kier molecular flexibility index (Phi) is 12.7. The van der Waals surface area contributed by atoms with Crippen LogP contribution in [0.5, 0.6) is 0 Å². The number of ketones is 1. The van der Waals surface area contributed by atoms with Gasteiger partial charge in [0.05, 0.1) is 18.9 Å². The molecule has 0 saturated heterocycles. The van der Waals surface area contributed by atoms with Gasteiger partial charge in [-0.15, -0.1) is 0 Å². The molecule has 0 spiro atoms. The molecule has 5 aliphatic rings. The lowest BCUT2D eigenvalue weighted by atomic mass is 9.34. The summed E-state index contributed by atoms with van der Waals surface area (Å²) >= 11 is 6.24. The minimum Gasteiger partial charge on any atom is -0.481 e. The van der Waals surface area contributed by atoms with Crippen molar-refractivity contribution < 1.29 is 29.3 Å². The summed E-state index contributed by atoms with van der Waals surface area (Å²) < 4.78 is 6.19. The molecule has 5 aliphatic carbocycles. The van der Waals surface area contributed by atoms with E-state index in [1.807, 2.05) is 26.0 Å². The van der Waals surface area contributed by atoms with Gasteiger partial charge < -0.3 is 19.8 Å². The van der Waals surface area contributed by atoms with Crippen molar-refractivity contribution in [3.8, 4) is 0 Å². The second kappa shape index (κ2) is 16.3. The van der Waals surface area contributed by atoms with Crippen LogP contribution in [0.2, 0.25) is 5.02 Å². The quantitative estimate of drug-likeness (QED) is 0.179. The number of aliphatic hydroxyl groups excluding tert-OH is 1. The first-order valence-corrected chi connectivity index (χ1v) is 22.4. The van der Waals surface area contributed by atoms with Crippen molar-refractivity contribution in [2.45, 2.75) is 145 Å². The Morgan fingerprint density at radius 2 is 1.63 bits per heavy atom. The maximum Gasteiger partial charge on any atom is 0.306 e. The van der Waals surface area contributed by atoms with Gasteiger partial charge in [0.1, 0.15) is 6.10 Å². The highest BCUT2D eigenvalue weighted by molar-refractivity contribution is 6.30. The number of allylic oxidation sites excluding steroid dienone is 1. The predicted octanol–water partition coefficient (Wildman–Crippen LogP) is 9.46. The van der Waals surface area contributed by atoms with Crippen LogP contribution in [-0.2, 0) is 25.7 Å². The number of carboxylic acid groups (broad SMARTS) is 1. The van der Waals surface area contributed by atoms with Gasteiger partial charge in [-0.05, 0) is 140 Å². The SMILES string of the molecule is CC(C)C1=C2[C@H]3CC[C@@H]4[C@@]5(C)CC[C@H](OC(=O)CC(C)(C)CC(=O)O)[C@H](C)[C@@H]5CC[C@@]4(C)[C@]3(C)CC[C@@]2([C@H](O)CN(CCN(C)C)Cc2ccc(Cl)cc2)CC1=O. The molecule has 57 heavy (non-hydrogen) atoms. The summed E-state index contributed by atoms with van der Waals surface area (Å²) in [4.78, 5) is 43.4. The Hall–Kier alpha value is -2.26. The first-order valence-electron chi connectivity index (χ1n) is 22.1. The van der Waals surface area contributed by atoms with E-state index >= 15 is 0 Å². The number of carboxylic acids is 1. The first-order chi connectivity index (χ1) is 26.6. The van der Waals surface area contributed by atoms with Crippen LogP contribution in [0.3, 0.4) is 0 Å². The Morgan fingerprint density at radius 3 is 2.26 bits per heavy atom. The fourth-order valence-corrected chi connectivity index (χ4v) is 13.9. The average Bonchev–Trinajstić information content (AvgIpc) is 3.42. The zero-order chi connectivity index (χ0) is 41.9. The molecule has 9 heteroatoms. The molecule has 0 aliphatic heterocycles. The van der Waals surface area contributed by atoms with E-state index in [0.717, 1.165) is 75.6 Å². The molecule has 6 rings (SSSR count). The molecule has 318 valence electrons. The predicted molar refractivity (Wildman–Crippen MR) is 227 cm³/mol. The van der Waals surface area contributed by atoms with Crippen LogP contribution in [0.25, 0.3) is 0 Å². The number of carbonyl (C=O) groups excluding carboxylic acids is 2. The lowest BCUT2D eigenvalue weighted by Crippen LogP contribution is -2.65. The number of rotatable bonds is 14. The van der Waals surface area contributed by atoms with Crippen LogP contribution in [0, 0.1) is 56.7 Å². The molecule has 1 aromatic rings. The number of nitrogens with zero attached hydrogens (tertiary/aromatic N) is 2. The molecule has 0 aromatic heterocycles. The minimum absolute atomic E-state index is 0.0105. The third-order valence-electron chi connectivity index (χ3n) is 16.8. The molecule has 4 fully saturated rings. The van der Waals surface area contributed by atoms with Crippen LogP contribution >= 0.6 is 11.6 Å². The maximum atomic E-state index is 14.3. The van der Waals surface area contributed by atoms with E-state index in [9.17, 15) is 24.6 Å². The highest BCUT2D eigenvalue weighted by atomic mass is 35.5. The number of hydrogen-bond donors (Lipinski definition) is 2. The summed E-state index contributed by atoms with van der Waals surface area (Å²) in [7, 11) is 4.17. The molecule has 10 atom stereocenters. The summed E-state index contributed by atoms with van der Waals surface area (Å²) in [6, 6.07) is 8.01. The average molecular weight is 810 g/mol. The Bertz CT molecular complexity index is 1710. The van der Waals surface area contributed by atoms with Crippen molar-refractivity contribution in [2.75, 3.05) is 33.7 Å². The van der Waals surface area contributed by atoms with Gasteiger partial charge in [-0.1, -0.05) is 84.7 Å². The number of halogens is 1. The van der Waals surface area contributed by atoms with Gasteiger partial charge in [0.15, 0.2) is 5.78 Å². The summed E-state index contributed by atoms with van der Waals surface area (Å²) in [6.07, 6.45) is 7.65. The smallest absolute Gasteiger partial charge is 0.306 e. The second-order valence-electron chi connectivity index (χ2n) is 21.4. The second-order valence-corrected chi connectivity index (χ2v) is 21.9. The van der Waals surface area contributed by atoms with E-state index in [1.165, 1.54) is 5.57 Å². The minimum atomic E-state index is -0.896. The Morgan fingerprint density at radius 1 is 0.947 bits per heavy atom. The lowest BCUT2D eigenvalue weighted by Gasteiger charge is -2.71. The summed E-state index contributed by atoms with van der Waals surface area (Å²) in [5, 5.41) is 22.7. The van der Waals surface area contributed by atoms with Crippen LogP contribution in [-0.4, -0.2) is 83.7 Å². The van der Waals surface area contributed by atoms with Crippen molar-refractivity contribution in [1.82, 2.24) is 9.80 Å². The fraction of sp³-hybridized carbons (Fsp3) is 0.771. The van der Waals surface area contributed by atoms with Crippen LogP contribution in [0.15, 0.2) is 35.4 Å². The molecule has 0 amide bonds. The van der Waals surface area contributed by atoms with E-state index in [4.69, 9.17) is 16.3 Å². The Labute approximate surface area is 348 Å². The zero-order valence-corrected chi connectivity index (χ0v) is 37.5. The molecule has 8 nitrogen and oxygen atoms in total. The molecule has 0 bridgehead atoms. The topological polar surface area (TPSA) is 107 Å². The van der Waals surface area contributed by atoms with E-state index in [2.05, 4.69) is 77.6 Å². The lowest BCUT2D eigenvalue weighted by molar-refractivity contribution is -0.218. The number of ether oxygens (including phenoxy) is 1. The van der Waals surface area contributed by atoms with E-state index in [1.54, 1.807) is 0 Å². The highest BCUT2D eigenvalue weighted by Crippen LogP contribution is 2.76. The monoisotopic (exact) mass is 809 g/mol. The van der Waals surface area contributed by atoms with Gasteiger partial charge in [0.2, 0.25) is 0 Å². The summed E-state index contributed by atoms with van der Waals surface area (Å²) in [6.45, 7) is 20.9. The number of benzene rings is 1. The number of esters is 1. The van der Waals surface area contributed by atoms with E-state index < -0.39 is 22.9 Å². The largest absolute Gasteiger partial charge is 0.481 e. The number of carbonyl (C=O) groups is 3. The van der Waals surface area contributed by atoms with E-state index in [-0.39, 0.29) is 64.7 Å². The van der Waals surface area contributed by atoms with E-state index in [0.29, 0.717) is 36.4 Å². The number of fused-ring (bicyclic) bond motifs is 7. The normalized spacial score (nSPS) is 35.8. The van der Waals surface area contributed by atoms with Crippen LogP contribution in [0.4, 0.5) is 0 Å². The number of likely N-dealkylation sites (N-methyl/N-ethyl adjacent to an activating group) is 1. The third kappa shape index (κ3) is 8.16. The summed E-state index contributed by atoms with van der Waals surface area (Å²) in [5.41, 5.74) is 2.44. The molecular weight excluding hydrogens is 736 g/mol. The number of hydrogen-bond acceptors (Lipinski definition) is 7. The van der Waals surface area contributed by atoms with Crippen molar-refractivity contribution >= 4 is 29.3 Å². The van der Waals surface area contributed by atoms with Crippen LogP contribution < -0.4 is 0 Å². The molecule has 0 unspecified atom stereocenters. The van der Waals surface area contributed by atoms with Crippen LogP contribution in [0.1, 0.15) is 132 Å². The molecule has 4 saturated carbocycles. The van der Waals surface area contributed by atoms with Crippen molar-refractivity contribution in [2.24, 2.45) is 56.7 Å². The zero-order valence-electron chi connectivity index (χ0n) is 36.8. The summed E-state index contributed by atoms with van der Waals surface area (Å²) in [5.74, 6) is 0.600. The molecule has 0 heterocycles. The maximum absolute atomic E-state index is 14.3. The van der Waals surface area contributed by atoms with Crippen molar-refractivity contribution in [3.05, 3.63) is 46.0 Å². The van der Waals surface area contributed by atoms with Crippen molar-refractivity contribution in [3.63, 3.8) is 0 Å². The number of Topliss-reactive ketones (excluding diaryl/α,β-unsaturated/α-hetero) is 1. The van der Waals surface area contributed by atoms with Gasteiger partial charge in [-0.25, -0.2) is 0 Å². The number of aliphatic hydroxyl groups is 1. The molecule has 2 N–H and O–H groups in total. The number of aliphatic carboxylic acids is 1. The van der Waals surface area contributed by atoms with Gasteiger partial charge in [-0.3, -0.25) is 19.3 Å². The molecule has 0 radical (unpaired) electrons. The van der Waals surface area contributed by atoms with Gasteiger partial charge in [0.25, 0.3) is 0 Å². The molecular formula is C48H73ClN2O6. The third-order valence-corrected chi connectivity index (χ3v) is 17.1. The standard InChI is InChI=1S/C48H73ClN2O6/c1-30(2)42-36(52)25-48(39(53)29-51(24-23-50(9)10)28-32-11-13-33(49)14-12-32)22-21-46(7)35(43(42)48)15-16-38-45(6)19-18-37(31(3)34(45)17-20-47(38,46)8)57-41(56)27-44(4,5)26-40(54)55/h11-14,30-31,34-35,37-39,53H,15-29H2,1-10H3,(H,54,55)/t31-,34+,35-,37+,38-,39-,45+,46-,47-,48+/m1/s1. The molecule has 1 aromatic carbocycles. The Balaban J connectivity index is 1.25. The van der Waals surface area contributed by atoms with Gasteiger partial charge >= 0.3 is 11.9 Å². The van der Waals surface area contributed by atoms with Crippen molar-refractivity contribution in [1.29, 1.82) is 0 Å². The highest BCUT2D eigenvalue weighted by Gasteiger charge is 2.69. The fourth-order valence-electron chi connectivity index (χ4n) is 13.8. The first kappa shape index (κ1) is 44.3.